The first kappa shape index (κ1) is 18.1. The van der Waals surface area contributed by atoms with Gasteiger partial charge >= 0.3 is 6.03 Å². The Morgan fingerprint density at radius 3 is 3.04 bits per heavy atom. The summed E-state index contributed by atoms with van der Waals surface area (Å²) in [6.07, 6.45) is 6.74. The molecule has 1 aliphatic carbocycles. The monoisotopic (exact) mass is 380 g/mol. The van der Waals surface area contributed by atoms with Gasteiger partial charge in [0.2, 0.25) is 0 Å². The first-order chi connectivity index (χ1) is 13.5. The number of benzene rings is 1. The molecule has 3 aromatic rings. The number of urea groups is 1. The standard InChI is InChI=1S/C20H24N6O2/c1-24(20(27)22-19-17-8-5-9-18(17)23-25(19)2)12-14-11-21-26(13-14)15-6-4-7-16(10-15)28-3/h4,6-7,10-11,13H,5,8-9,12H2,1-3H3,(H,22,27). The van der Waals surface area contributed by atoms with Gasteiger partial charge in [0.05, 0.1) is 31.2 Å². The average molecular weight is 380 g/mol. The summed E-state index contributed by atoms with van der Waals surface area (Å²) in [4.78, 5) is 14.3. The molecule has 0 bridgehead atoms. The molecule has 1 aromatic carbocycles. The summed E-state index contributed by atoms with van der Waals surface area (Å²) < 4.78 is 8.80. The molecule has 146 valence electrons. The van der Waals surface area contributed by atoms with E-state index in [2.05, 4.69) is 15.5 Å². The molecule has 0 aliphatic heterocycles. The number of carbonyl (C=O) groups excluding carboxylic acids is 1. The van der Waals surface area contributed by atoms with Crippen molar-refractivity contribution in [1.29, 1.82) is 0 Å². The van der Waals surface area contributed by atoms with E-state index < -0.39 is 0 Å². The molecule has 1 N–H and O–H groups in total. The van der Waals surface area contributed by atoms with Crippen molar-refractivity contribution >= 4 is 11.8 Å². The van der Waals surface area contributed by atoms with E-state index in [9.17, 15) is 4.79 Å². The van der Waals surface area contributed by atoms with Crippen LogP contribution >= 0.6 is 0 Å². The topological polar surface area (TPSA) is 77.2 Å². The van der Waals surface area contributed by atoms with Crippen LogP contribution in [0.4, 0.5) is 10.6 Å². The van der Waals surface area contributed by atoms with E-state index in [-0.39, 0.29) is 6.03 Å². The number of hydrogen-bond acceptors (Lipinski definition) is 4. The van der Waals surface area contributed by atoms with Gasteiger partial charge in [0.1, 0.15) is 11.6 Å². The highest BCUT2D eigenvalue weighted by molar-refractivity contribution is 5.89. The van der Waals surface area contributed by atoms with Gasteiger partial charge in [-0.3, -0.25) is 10.00 Å². The quantitative estimate of drug-likeness (QED) is 0.738. The second kappa shape index (κ2) is 7.38. The van der Waals surface area contributed by atoms with E-state index in [1.165, 1.54) is 0 Å². The number of rotatable bonds is 5. The van der Waals surface area contributed by atoms with Crippen LogP contribution in [0.1, 0.15) is 23.2 Å². The van der Waals surface area contributed by atoms with Crippen molar-refractivity contribution in [3.05, 3.63) is 53.5 Å². The Balaban J connectivity index is 1.43. The Morgan fingerprint density at radius 1 is 1.36 bits per heavy atom. The maximum Gasteiger partial charge on any atom is 0.323 e. The lowest BCUT2D eigenvalue weighted by atomic mass is 10.2. The molecule has 28 heavy (non-hydrogen) atoms. The van der Waals surface area contributed by atoms with Gasteiger partial charge in [-0.1, -0.05) is 6.07 Å². The van der Waals surface area contributed by atoms with Crippen molar-refractivity contribution in [3.8, 4) is 11.4 Å². The van der Waals surface area contributed by atoms with Crippen molar-refractivity contribution in [2.75, 3.05) is 19.5 Å². The molecule has 0 saturated carbocycles. The number of aromatic nitrogens is 4. The Bertz CT molecular complexity index is 1010. The number of methoxy groups -OCH3 is 1. The Labute approximate surface area is 163 Å². The molecular formula is C20H24N6O2. The van der Waals surface area contributed by atoms with E-state index >= 15 is 0 Å². The molecule has 0 unspecified atom stereocenters. The molecule has 0 saturated heterocycles. The van der Waals surface area contributed by atoms with Gasteiger partial charge in [-0.2, -0.15) is 10.2 Å². The fourth-order valence-electron chi connectivity index (χ4n) is 3.55. The second-order valence-corrected chi connectivity index (χ2v) is 7.03. The Kier molecular flexibility index (Phi) is 4.77. The van der Waals surface area contributed by atoms with Crippen LogP contribution < -0.4 is 10.1 Å². The van der Waals surface area contributed by atoms with Crippen LogP contribution in [0.25, 0.3) is 5.69 Å². The molecule has 2 amide bonds. The Hall–Kier alpha value is -3.29. The van der Waals surface area contributed by atoms with Gasteiger partial charge in [0.15, 0.2) is 0 Å². The number of hydrogen-bond donors (Lipinski definition) is 1. The number of aryl methyl sites for hydroxylation is 2. The zero-order valence-corrected chi connectivity index (χ0v) is 16.3. The predicted molar refractivity (Wildman–Crippen MR) is 106 cm³/mol. The first-order valence-electron chi connectivity index (χ1n) is 9.30. The first-order valence-corrected chi connectivity index (χ1v) is 9.30. The van der Waals surface area contributed by atoms with Crippen molar-refractivity contribution in [2.24, 2.45) is 7.05 Å². The van der Waals surface area contributed by atoms with Crippen LogP contribution in [0, 0.1) is 0 Å². The third kappa shape index (κ3) is 3.45. The predicted octanol–water partition coefficient (Wildman–Crippen LogP) is 2.77. The fourth-order valence-corrected chi connectivity index (χ4v) is 3.55. The van der Waals surface area contributed by atoms with Gasteiger partial charge in [-0.15, -0.1) is 0 Å². The third-order valence-corrected chi connectivity index (χ3v) is 5.01. The number of anilines is 1. The number of nitrogens with zero attached hydrogens (tertiary/aromatic N) is 5. The van der Waals surface area contributed by atoms with Crippen LogP contribution in [0.15, 0.2) is 36.7 Å². The van der Waals surface area contributed by atoms with Crippen molar-refractivity contribution < 1.29 is 9.53 Å². The minimum absolute atomic E-state index is 0.160. The van der Waals surface area contributed by atoms with Gasteiger partial charge in [0.25, 0.3) is 0 Å². The lowest BCUT2D eigenvalue weighted by molar-refractivity contribution is 0.220. The molecule has 1 aliphatic rings. The molecule has 0 atom stereocenters. The maximum absolute atomic E-state index is 12.7. The summed E-state index contributed by atoms with van der Waals surface area (Å²) in [5.74, 6) is 1.58. The van der Waals surface area contributed by atoms with Crippen LogP contribution in [-0.4, -0.2) is 44.6 Å². The van der Waals surface area contributed by atoms with E-state index in [0.29, 0.717) is 6.54 Å². The molecule has 0 fully saturated rings. The summed E-state index contributed by atoms with van der Waals surface area (Å²) >= 11 is 0. The molecule has 0 radical (unpaired) electrons. The van der Waals surface area contributed by atoms with Gasteiger partial charge < -0.3 is 9.64 Å². The van der Waals surface area contributed by atoms with E-state index in [4.69, 9.17) is 4.74 Å². The summed E-state index contributed by atoms with van der Waals surface area (Å²) in [5.41, 5.74) is 4.11. The van der Waals surface area contributed by atoms with Gasteiger partial charge in [0, 0.05) is 37.5 Å². The molecule has 8 nitrogen and oxygen atoms in total. The molecule has 2 aromatic heterocycles. The number of amides is 2. The van der Waals surface area contributed by atoms with Crippen molar-refractivity contribution in [3.63, 3.8) is 0 Å². The SMILES string of the molecule is COc1cccc(-n2cc(CN(C)C(=O)Nc3c4c(nn3C)CCC4)cn2)c1. The van der Waals surface area contributed by atoms with Crippen LogP contribution in [0.2, 0.25) is 0 Å². The van der Waals surface area contributed by atoms with Crippen molar-refractivity contribution in [1.82, 2.24) is 24.5 Å². The molecule has 0 spiro atoms. The van der Waals surface area contributed by atoms with Crippen LogP contribution in [0.3, 0.4) is 0 Å². The lowest BCUT2D eigenvalue weighted by Gasteiger charge is -2.17. The highest BCUT2D eigenvalue weighted by Crippen LogP contribution is 2.28. The van der Waals surface area contributed by atoms with Crippen LogP contribution in [-0.2, 0) is 26.4 Å². The van der Waals surface area contributed by atoms with E-state index in [0.717, 1.165) is 53.3 Å². The minimum Gasteiger partial charge on any atom is -0.497 e. The molecular weight excluding hydrogens is 356 g/mol. The maximum atomic E-state index is 12.7. The number of carbonyl (C=O) groups is 1. The summed E-state index contributed by atoms with van der Waals surface area (Å²) in [6, 6.07) is 7.52. The molecule has 8 heteroatoms. The summed E-state index contributed by atoms with van der Waals surface area (Å²) in [6.45, 7) is 0.454. The fraction of sp³-hybridized carbons (Fsp3) is 0.350. The van der Waals surface area contributed by atoms with Crippen molar-refractivity contribution in [2.45, 2.75) is 25.8 Å². The zero-order chi connectivity index (χ0) is 19.7. The van der Waals surface area contributed by atoms with E-state index in [1.807, 2.05) is 37.5 Å². The van der Waals surface area contributed by atoms with E-state index in [1.54, 1.807) is 34.6 Å². The minimum atomic E-state index is -0.160. The van der Waals surface area contributed by atoms with Gasteiger partial charge in [-0.05, 0) is 31.4 Å². The number of nitrogens with one attached hydrogen (secondary N) is 1. The molecule has 4 rings (SSSR count). The Morgan fingerprint density at radius 2 is 2.21 bits per heavy atom. The highest BCUT2D eigenvalue weighted by atomic mass is 16.5. The average Bonchev–Trinajstić information content (AvgIpc) is 3.40. The lowest BCUT2D eigenvalue weighted by Crippen LogP contribution is -2.31. The summed E-state index contributed by atoms with van der Waals surface area (Å²) in [7, 11) is 5.28. The normalized spacial score (nSPS) is 12.7. The van der Waals surface area contributed by atoms with Crippen LogP contribution in [0.5, 0.6) is 5.75 Å². The van der Waals surface area contributed by atoms with Gasteiger partial charge in [-0.25, -0.2) is 9.48 Å². The number of ether oxygens (including phenoxy) is 1. The zero-order valence-electron chi connectivity index (χ0n) is 16.3. The second-order valence-electron chi connectivity index (χ2n) is 7.03. The smallest absolute Gasteiger partial charge is 0.323 e. The highest BCUT2D eigenvalue weighted by Gasteiger charge is 2.23. The third-order valence-electron chi connectivity index (χ3n) is 5.01. The summed E-state index contributed by atoms with van der Waals surface area (Å²) in [5, 5.41) is 11.9. The molecule has 2 heterocycles. The number of fused-ring (bicyclic) bond motifs is 1. The largest absolute Gasteiger partial charge is 0.497 e.